The van der Waals surface area contributed by atoms with Crippen molar-refractivity contribution in [3.05, 3.63) is 15.6 Å². The Kier molecular flexibility index (Phi) is 5.17. The van der Waals surface area contributed by atoms with Gasteiger partial charge in [-0.05, 0) is 26.2 Å². The molecule has 0 aromatic carbocycles. The highest BCUT2D eigenvalue weighted by molar-refractivity contribution is 7.11. The third kappa shape index (κ3) is 3.89. The predicted octanol–water partition coefficient (Wildman–Crippen LogP) is 2.53. The Labute approximate surface area is 152 Å². The van der Waals surface area contributed by atoms with Crippen LogP contribution in [0.5, 0.6) is 0 Å². The van der Waals surface area contributed by atoms with Crippen LogP contribution < -0.4 is 5.32 Å². The van der Waals surface area contributed by atoms with Crippen molar-refractivity contribution in [1.29, 1.82) is 0 Å². The Morgan fingerprint density at radius 3 is 2.88 bits per heavy atom. The number of likely N-dealkylation sites (tertiary alicyclic amines) is 1. The van der Waals surface area contributed by atoms with Gasteiger partial charge < -0.3 is 19.9 Å². The van der Waals surface area contributed by atoms with E-state index >= 15 is 0 Å². The molecule has 7 nitrogen and oxygen atoms in total. The highest BCUT2D eigenvalue weighted by atomic mass is 32.1. The molecular weight excluding hydrogens is 340 g/mol. The van der Waals surface area contributed by atoms with Crippen LogP contribution >= 0.6 is 11.3 Å². The molecular formula is C17H26N4O3S. The number of nitrogens with zero attached hydrogens (tertiary/aromatic N) is 3. The molecule has 8 heteroatoms. The van der Waals surface area contributed by atoms with Crippen LogP contribution in [0.25, 0.3) is 0 Å². The van der Waals surface area contributed by atoms with Crippen molar-refractivity contribution in [3.63, 3.8) is 0 Å². The number of carbonyl (C=O) groups excluding carboxylic acids is 2. The topological polar surface area (TPSA) is 74.8 Å². The predicted molar refractivity (Wildman–Crippen MR) is 95.7 cm³/mol. The van der Waals surface area contributed by atoms with Crippen molar-refractivity contribution in [1.82, 2.24) is 20.1 Å². The Morgan fingerprint density at radius 1 is 1.40 bits per heavy atom. The number of thiazole rings is 1. The van der Waals surface area contributed by atoms with Gasteiger partial charge in [0.25, 0.3) is 0 Å². The van der Waals surface area contributed by atoms with Crippen LogP contribution in [0, 0.1) is 6.92 Å². The normalized spacial score (nSPS) is 23.7. The second kappa shape index (κ2) is 7.19. The van der Waals surface area contributed by atoms with Crippen LogP contribution in [0.1, 0.15) is 41.8 Å². The molecule has 0 bridgehead atoms. The maximum absolute atomic E-state index is 12.5. The third-order valence-electron chi connectivity index (χ3n) is 4.95. The van der Waals surface area contributed by atoms with E-state index < -0.39 is 5.60 Å². The van der Waals surface area contributed by atoms with Gasteiger partial charge in [-0.15, -0.1) is 11.3 Å². The molecule has 1 N–H and O–H groups in total. The van der Waals surface area contributed by atoms with Crippen LogP contribution in [-0.2, 0) is 17.7 Å². The molecule has 3 heterocycles. The van der Waals surface area contributed by atoms with E-state index in [1.54, 1.807) is 23.3 Å². The average molecular weight is 366 g/mol. The molecule has 2 fully saturated rings. The molecule has 1 atom stereocenters. The lowest BCUT2D eigenvalue weighted by atomic mass is 9.95. The first-order valence-corrected chi connectivity index (χ1v) is 9.66. The summed E-state index contributed by atoms with van der Waals surface area (Å²) in [5.41, 5.74) is 0.643. The number of ether oxygens (including phenoxy) is 1. The van der Waals surface area contributed by atoms with Crippen molar-refractivity contribution < 1.29 is 14.3 Å². The molecule has 0 radical (unpaired) electrons. The number of urea groups is 1. The zero-order valence-electron chi connectivity index (χ0n) is 15.1. The summed E-state index contributed by atoms with van der Waals surface area (Å²) in [4.78, 5) is 33.3. The molecule has 138 valence electrons. The summed E-state index contributed by atoms with van der Waals surface area (Å²) in [6.45, 7) is 6.50. The van der Waals surface area contributed by atoms with E-state index in [1.807, 2.05) is 11.8 Å². The summed E-state index contributed by atoms with van der Waals surface area (Å²) in [6, 6.07) is -0.0529. The number of rotatable bonds is 3. The van der Waals surface area contributed by atoms with Gasteiger partial charge >= 0.3 is 12.1 Å². The van der Waals surface area contributed by atoms with Gasteiger partial charge in [0.1, 0.15) is 5.60 Å². The van der Waals surface area contributed by atoms with Crippen LogP contribution in [0.15, 0.2) is 0 Å². The molecule has 1 unspecified atom stereocenters. The summed E-state index contributed by atoms with van der Waals surface area (Å²) in [5.74, 6) is 0. The van der Waals surface area contributed by atoms with Gasteiger partial charge in [0.15, 0.2) is 0 Å². The SMILES string of the molecule is CCc1nc(C)sc1CNC(=O)N1CCCC2(CC1)CN(C)C(=O)O2. The fourth-order valence-corrected chi connectivity index (χ4v) is 4.58. The molecule has 2 saturated heterocycles. The first kappa shape index (κ1) is 18.0. The summed E-state index contributed by atoms with van der Waals surface area (Å²) in [7, 11) is 1.76. The maximum Gasteiger partial charge on any atom is 0.410 e. The Balaban J connectivity index is 1.55. The summed E-state index contributed by atoms with van der Waals surface area (Å²) >= 11 is 1.64. The zero-order chi connectivity index (χ0) is 18.0. The number of hydrogen-bond donors (Lipinski definition) is 1. The van der Waals surface area contributed by atoms with E-state index in [1.165, 1.54) is 0 Å². The number of hydrogen-bond acceptors (Lipinski definition) is 5. The van der Waals surface area contributed by atoms with Gasteiger partial charge in [-0.2, -0.15) is 0 Å². The minimum Gasteiger partial charge on any atom is -0.441 e. The monoisotopic (exact) mass is 366 g/mol. The molecule has 3 rings (SSSR count). The minimum absolute atomic E-state index is 0.0529. The lowest BCUT2D eigenvalue weighted by Gasteiger charge is -2.25. The highest BCUT2D eigenvalue weighted by Gasteiger charge is 2.44. The number of likely N-dealkylation sites (N-methyl/N-ethyl adjacent to an activating group) is 1. The van der Waals surface area contributed by atoms with Crippen molar-refractivity contribution in [2.45, 2.75) is 51.7 Å². The molecule has 2 aliphatic heterocycles. The molecule has 0 aliphatic carbocycles. The standard InChI is InChI=1S/C17H26N4O3S/c1-4-13-14(25-12(2)19-13)10-18-15(22)21-8-5-6-17(7-9-21)11-20(3)16(23)24-17/h4-11H2,1-3H3,(H,18,22). The third-order valence-corrected chi connectivity index (χ3v) is 5.96. The van der Waals surface area contributed by atoms with Gasteiger partial charge in [-0.1, -0.05) is 6.92 Å². The Bertz CT molecular complexity index is 662. The molecule has 1 aromatic heterocycles. The van der Waals surface area contributed by atoms with Crippen molar-refractivity contribution in [2.24, 2.45) is 0 Å². The maximum atomic E-state index is 12.5. The largest absolute Gasteiger partial charge is 0.441 e. The van der Waals surface area contributed by atoms with E-state index in [-0.39, 0.29) is 12.1 Å². The van der Waals surface area contributed by atoms with Gasteiger partial charge in [-0.25, -0.2) is 14.6 Å². The Morgan fingerprint density at radius 2 is 2.20 bits per heavy atom. The zero-order valence-corrected chi connectivity index (χ0v) is 15.9. The van der Waals surface area contributed by atoms with Crippen molar-refractivity contribution in [2.75, 3.05) is 26.7 Å². The van der Waals surface area contributed by atoms with E-state index in [9.17, 15) is 9.59 Å². The van der Waals surface area contributed by atoms with Gasteiger partial charge in [0, 0.05) is 31.4 Å². The van der Waals surface area contributed by atoms with Crippen molar-refractivity contribution >= 4 is 23.5 Å². The second-order valence-corrected chi connectivity index (χ2v) is 8.15. The number of nitrogens with one attached hydrogen (secondary N) is 1. The number of carbonyl (C=O) groups is 2. The van der Waals surface area contributed by atoms with Crippen LogP contribution in [-0.4, -0.2) is 59.2 Å². The number of aryl methyl sites for hydroxylation is 2. The van der Waals surface area contributed by atoms with Gasteiger partial charge in [0.2, 0.25) is 0 Å². The molecule has 25 heavy (non-hydrogen) atoms. The van der Waals surface area contributed by atoms with E-state index in [0.29, 0.717) is 32.6 Å². The lowest BCUT2D eigenvalue weighted by molar-refractivity contribution is 0.0453. The number of amides is 3. The molecule has 3 amide bonds. The minimum atomic E-state index is -0.426. The first-order chi connectivity index (χ1) is 11.9. The van der Waals surface area contributed by atoms with Gasteiger partial charge in [0.05, 0.1) is 23.8 Å². The summed E-state index contributed by atoms with van der Waals surface area (Å²) in [6.07, 6.45) is 2.96. The van der Waals surface area contributed by atoms with E-state index in [0.717, 1.165) is 34.8 Å². The van der Waals surface area contributed by atoms with Crippen molar-refractivity contribution in [3.8, 4) is 0 Å². The smallest absolute Gasteiger partial charge is 0.410 e. The molecule has 1 aromatic rings. The summed E-state index contributed by atoms with van der Waals surface area (Å²) < 4.78 is 5.59. The molecule has 0 saturated carbocycles. The molecule has 2 aliphatic rings. The Hall–Kier alpha value is -1.83. The van der Waals surface area contributed by atoms with Gasteiger partial charge in [-0.3, -0.25) is 0 Å². The number of aromatic nitrogens is 1. The second-order valence-electron chi connectivity index (χ2n) is 6.86. The quantitative estimate of drug-likeness (QED) is 0.892. The van der Waals surface area contributed by atoms with Crippen LogP contribution in [0.4, 0.5) is 9.59 Å². The average Bonchev–Trinajstić information content (AvgIpc) is 2.98. The fraction of sp³-hybridized carbons (Fsp3) is 0.706. The van der Waals surface area contributed by atoms with E-state index in [2.05, 4.69) is 17.2 Å². The molecule has 1 spiro atoms. The fourth-order valence-electron chi connectivity index (χ4n) is 3.62. The van der Waals surface area contributed by atoms with Crippen LogP contribution in [0.2, 0.25) is 0 Å². The summed E-state index contributed by atoms with van der Waals surface area (Å²) in [5, 5.41) is 4.05. The first-order valence-electron chi connectivity index (χ1n) is 8.84. The van der Waals surface area contributed by atoms with E-state index in [4.69, 9.17) is 4.74 Å². The van der Waals surface area contributed by atoms with Crippen LogP contribution in [0.3, 0.4) is 0 Å². The lowest BCUT2D eigenvalue weighted by Crippen LogP contribution is -2.41. The highest BCUT2D eigenvalue weighted by Crippen LogP contribution is 2.32.